The molecule has 0 aromatic heterocycles. The summed E-state index contributed by atoms with van der Waals surface area (Å²) in [5.74, 6) is 1.44. The highest BCUT2D eigenvalue weighted by Crippen LogP contribution is 2.54. The van der Waals surface area contributed by atoms with E-state index in [-0.39, 0.29) is 17.1 Å². The number of halogens is 3. The summed E-state index contributed by atoms with van der Waals surface area (Å²) in [7, 11) is -2.98. The lowest BCUT2D eigenvalue weighted by Crippen LogP contribution is -2.62. The van der Waals surface area contributed by atoms with Gasteiger partial charge in [-0.2, -0.15) is 18.4 Å². The highest BCUT2D eigenvalue weighted by Gasteiger charge is 2.52. The Balaban J connectivity index is 1.44. The zero-order valence-electron chi connectivity index (χ0n) is 17.5. The average molecular weight is 478 g/mol. The smallest absolute Gasteiger partial charge is 0.416 e. The minimum atomic E-state index is -4.54. The number of rotatable bonds is 3. The summed E-state index contributed by atoms with van der Waals surface area (Å²) in [6, 6.07) is 12.2. The van der Waals surface area contributed by atoms with E-state index in [2.05, 4.69) is 9.30 Å². The molecular weight excluding hydrogens is 455 g/mol. The molecule has 0 spiro atoms. The van der Waals surface area contributed by atoms with E-state index >= 15 is 0 Å². The predicted octanol–water partition coefficient (Wildman–Crippen LogP) is 5.94. The largest absolute Gasteiger partial charge is 0.456 e. The van der Waals surface area contributed by atoms with E-state index in [1.807, 2.05) is 12.1 Å². The quantitative estimate of drug-likeness (QED) is 0.571. The third-order valence-corrected chi connectivity index (χ3v) is 8.05. The Hall–Kier alpha value is -2.74. The lowest BCUT2D eigenvalue weighted by Gasteiger charge is -2.57. The van der Waals surface area contributed by atoms with Gasteiger partial charge in [0.2, 0.25) is 0 Å². The zero-order chi connectivity index (χ0) is 23.4. The maximum atomic E-state index is 12.9. The number of nitriles is 1. The molecule has 0 unspecified atom stereocenters. The molecule has 10 heteroatoms. The molecule has 6 rings (SSSR count). The van der Waals surface area contributed by atoms with Gasteiger partial charge in [-0.3, -0.25) is 9.11 Å². The van der Waals surface area contributed by atoms with Crippen molar-refractivity contribution in [2.45, 2.75) is 43.3 Å². The van der Waals surface area contributed by atoms with Crippen molar-refractivity contribution in [1.29, 1.82) is 5.26 Å². The Bertz CT molecular complexity index is 1150. The second kappa shape index (κ2) is 7.65. The normalized spacial score (nSPS) is 26.7. The Morgan fingerprint density at radius 2 is 1.82 bits per heavy atom. The topological polar surface area (TPSA) is 89.1 Å². The van der Waals surface area contributed by atoms with Crippen molar-refractivity contribution in [1.82, 2.24) is 4.90 Å². The first-order valence-corrected chi connectivity index (χ1v) is 12.3. The minimum absolute atomic E-state index is 0.0476. The number of piperidine rings is 2. The lowest BCUT2D eigenvalue weighted by atomic mass is 9.63. The van der Waals surface area contributed by atoms with Gasteiger partial charge in [-0.15, -0.1) is 4.40 Å². The van der Waals surface area contributed by atoms with Crippen molar-refractivity contribution >= 4 is 16.6 Å². The molecule has 1 saturated carbocycles. The molecule has 2 bridgehead atoms. The van der Waals surface area contributed by atoms with Crippen molar-refractivity contribution in [2.75, 3.05) is 12.3 Å². The summed E-state index contributed by atoms with van der Waals surface area (Å²) in [6.45, 7) is 0.583. The zero-order valence-corrected chi connectivity index (χ0v) is 18.4. The molecule has 174 valence electrons. The van der Waals surface area contributed by atoms with Gasteiger partial charge in [0, 0.05) is 12.6 Å². The van der Waals surface area contributed by atoms with Crippen LogP contribution < -0.4 is 4.74 Å². The van der Waals surface area contributed by atoms with Gasteiger partial charge < -0.3 is 9.64 Å². The van der Waals surface area contributed by atoms with Gasteiger partial charge in [-0.05, 0) is 61.6 Å². The summed E-state index contributed by atoms with van der Waals surface area (Å²) in [4.78, 5) is 2.22. The highest BCUT2D eigenvalue weighted by atomic mass is 32.3. The van der Waals surface area contributed by atoms with Crippen LogP contribution in [0.5, 0.6) is 11.5 Å². The van der Waals surface area contributed by atoms with Gasteiger partial charge in [0.25, 0.3) is 0 Å². The number of hydrogen-bond acceptors (Lipinski definition) is 6. The Morgan fingerprint density at radius 1 is 1.12 bits per heavy atom. The molecule has 0 atom stereocenters. The standard InChI is InChI=1S/C23H22F3N3O3S/c24-23(25,26)17-3-6-20(15(13-17)14-27)32-19-4-1-16(2-5-19)22-9-7-18(8-10-22)29-11-12-33(30,31)28-21(22)29/h1-6,13,18,30-31H,7-12H2. The first-order chi connectivity index (χ1) is 15.6. The molecule has 0 radical (unpaired) electrons. The van der Waals surface area contributed by atoms with Crippen LogP contribution in [0.25, 0.3) is 0 Å². The molecule has 0 amide bonds. The first-order valence-electron chi connectivity index (χ1n) is 10.6. The molecule has 2 aromatic carbocycles. The summed E-state index contributed by atoms with van der Waals surface area (Å²) >= 11 is 0. The fraction of sp³-hybridized carbons (Fsp3) is 0.391. The fourth-order valence-corrected chi connectivity index (χ4v) is 6.27. The van der Waals surface area contributed by atoms with E-state index in [0.717, 1.165) is 55.3 Å². The maximum Gasteiger partial charge on any atom is 0.416 e. The van der Waals surface area contributed by atoms with Gasteiger partial charge in [-0.25, -0.2) is 0 Å². The molecule has 33 heavy (non-hydrogen) atoms. The van der Waals surface area contributed by atoms with E-state index in [4.69, 9.17) is 4.74 Å². The van der Waals surface area contributed by atoms with Crippen molar-refractivity contribution in [2.24, 2.45) is 4.40 Å². The number of amidine groups is 1. The Labute approximate surface area is 190 Å². The van der Waals surface area contributed by atoms with Crippen LogP contribution in [-0.2, 0) is 11.6 Å². The second-order valence-electron chi connectivity index (χ2n) is 8.70. The summed E-state index contributed by atoms with van der Waals surface area (Å²) < 4.78 is 69.4. The molecule has 2 aromatic rings. The molecule has 2 N–H and O–H groups in total. The summed E-state index contributed by atoms with van der Waals surface area (Å²) in [5, 5.41) is 9.27. The van der Waals surface area contributed by atoms with Crippen molar-refractivity contribution in [3.63, 3.8) is 0 Å². The Kier molecular flexibility index (Phi) is 5.12. The van der Waals surface area contributed by atoms with Gasteiger partial charge in [-0.1, -0.05) is 22.9 Å². The molecule has 3 heterocycles. The number of ether oxygens (including phenoxy) is 1. The van der Waals surface area contributed by atoms with Crippen LogP contribution >= 0.6 is 10.8 Å². The molecular formula is C23H22F3N3O3S. The van der Waals surface area contributed by atoms with Crippen LogP contribution in [0.1, 0.15) is 42.4 Å². The SMILES string of the molecule is N#Cc1cc(C(F)(F)F)ccc1Oc1ccc(C23CCC(CC2)N2CCS(O)(O)N=C23)cc1. The molecule has 6 nitrogen and oxygen atoms in total. The maximum absolute atomic E-state index is 12.9. The van der Waals surface area contributed by atoms with E-state index in [1.54, 1.807) is 18.2 Å². The summed E-state index contributed by atoms with van der Waals surface area (Å²) in [5.41, 5.74) is -0.515. The van der Waals surface area contributed by atoms with Gasteiger partial charge in [0.05, 0.1) is 22.3 Å². The third kappa shape index (κ3) is 3.84. The molecule has 3 fully saturated rings. The average Bonchev–Trinajstić information content (AvgIpc) is 2.79. The second-order valence-corrected chi connectivity index (χ2v) is 10.6. The third-order valence-electron chi connectivity index (χ3n) is 6.85. The van der Waals surface area contributed by atoms with Gasteiger partial charge in [0.1, 0.15) is 23.4 Å². The Morgan fingerprint density at radius 3 is 2.45 bits per heavy atom. The highest BCUT2D eigenvalue weighted by molar-refractivity contribution is 8.23. The molecule has 3 aliphatic heterocycles. The summed E-state index contributed by atoms with van der Waals surface area (Å²) in [6.07, 6.45) is -0.802. The van der Waals surface area contributed by atoms with Crippen LogP contribution in [0.2, 0.25) is 0 Å². The van der Waals surface area contributed by atoms with Gasteiger partial charge in [0.15, 0.2) is 0 Å². The predicted molar refractivity (Wildman–Crippen MR) is 118 cm³/mol. The number of alkyl halides is 3. The monoisotopic (exact) mass is 477 g/mol. The van der Waals surface area contributed by atoms with Gasteiger partial charge >= 0.3 is 6.18 Å². The van der Waals surface area contributed by atoms with Crippen LogP contribution in [0.15, 0.2) is 46.9 Å². The van der Waals surface area contributed by atoms with E-state index < -0.39 is 27.9 Å². The van der Waals surface area contributed by atoms with E-state index in [1.165, 1.54) is 0 Å². The van der Waals surface area contributed by atoms with Crippen LogP contribution in [0.3, 0.4) is 0 Å². The first kappa shape index (κ1) is 22.1. The van der Waals surface area contributed by atoms with E-state index in [0.29, 0.717) is 18.3 Å². The minimum Gasteiger partial charge on any atom is -0.456 e. The van der Waals surface area contributed by atoms with Crippen molar-refractivity contribution < 1.29 is 27.0 Å². The number of hydrogen-bond donors (Lipinski definition) is 2. The fourth-order valence-electron chi connectivity index (χ4n) is 5.18. The van der Waals surface area contributed by atoms with Crippen LogP contribution in [0.4, 0.5) is 13.2 Å². The molecule has 1 aliphatic carbocycles. The molecule has 2 saturated heterocycles. The van der Waals surface area contributed by atoms with E-state index in [9.17, 15) is 27.5 Å². The van der Waals surface area contributed by atoms with Crippen LogP contribution in [0, 0.1) is 11.3 Å². The van der Waals surface area contributed by atoms with Crippen LogP contribution in [-0.4, -0.2) is 38.2 Å². The number of nitrogens with zero attached hydrogens (tertiary/aromatic N) is 3. The molecule has 4 aliphatic rings. The van der Waals surface area contributed by atoms with Crippen molar-refractivity contribution in [3.8, 4) is 17.6 Å². The number of fused-ring (bicyclic) bond motifs is 2. The van der Waals surface area contributed by atoms with Crippen molar-refractivity contribution in [3.05, 3.63) is 59.2 Å². The lowest BCUT2D eigenvalue weighted by molar-refractivity contribution is -0.137. The number of benzene rings is 2.